The van der Waals surface area contributed by atoms with E-state index < -0.39 is 5.60 Å². The Labute approximate surface area is 204 Å². The number of aromatic nitrogens is 2. The van der Waals surface area contributed by atoms with Gasteiger partial charge in [0.25, 0.3) is 0 Å². The molecular weight excluding hydrogens is 424 g/mol. The Morgan fingerprint density at radius 1 is 1.09 bits per heavy atom. The molecule has 1 heterocycles. The molecule has 4 saturated carbocycles. The predicted octanol–water partition coefficient (Wildman–Crippen LogP) is 5.48. The third-order valence-corrected chi connectivity index (χ3v) is 10.9. The minimum atomic E-state index is -0.445. The van der Waals surface area contributed by atoms with Crippen molar-refractivity contribution in [2.75, 3.05) is 5.32 Å². The Kier molecular flexibility index (Phi) is 5.99. The summed E-state index contributed by atoms with van der Waals surface area (Å²) in [6.45, 7) is 7.08. The molecule has 4 aliphatic carbocycles. The SMILES string of the molecule is CCCC1(O)CCC2(C)C(CCC3C2CCC2(C)C(C(=O)Nc4cnc(C#N)cn4)CCC32)C1. The number of carbonyl (C=O) groups is 1. The van der Waals surface area contributed by atoms with E-state index in [1.165, 1.54) is 31.7 Å². The second-order valence-corrected chi connectivity index (χ2v) is 12.4. The van der Waals surface area contributed by atoms with Gasteiger partial charge in [0.05, 0.1) is 18.0 Å². The summed E-state index contributed by atoms with van der Waals surface area (Å²) in [6.07, 6.45) is 14.8. The van der Waals surface area contributed by atoms with Gasteiger partial charge in [-0.2, -0.15) is 5.26 Å². The average molecular weight is 465 g/mol. The molecule has 0 aromatic carbocycles. The lowest BCUT2D eigenvalue weighted by Crippen LogP contribution is -2.56. The maximum absolute atomic E-state index is 13.3. The summed E-state index contributed by atoms with van der Waals surface area (Å²) < 4.78 is 0. The zero-order valence-corrected chi connectivity index (χ0v) is 21.0. The molecule has 4 fully saturated rings. The van der Waals surface area contributed by atoms with Crippen LogP contribution >= 0.6 is 0 Å². The van der Waals surface area contributed by atoms with Crippen molar-refractivity contribution in [1.29, 1.82) is 5.26 Å². The zero-order chi connectivity index (χ0) is 24.1. The molecule has 1 aromatic rings. The number of nitriles is 1. The van der Waals surface area contributed by atoms with Gasteiger partial charge in [-0.15, -0.1) is 0 Å². The maximum Gasteiger partial charge on any atom is 0.229 e. The van der Waals surface area contributed by atoms with Gasteiger partial charge in [-0.05, 0) is 98.7 Å². The molecule has 34 heavy (non-hydrogen) atoms. The maximum atomic E-state index is 13.3. The van der Waals surface area contributed by atoms with Crippen LogP contribution < -0.4 is 5.32 Å². The van der Waals surface area contributed by atoms with Crippen LogP contribution in [0.25, 0.3) is 0 Å². The standard InChI is InChI=1S/C28H40N4O2/c1-4-10-28(34)13-12-26(2)18(14-28)5-6-20-21-7-8-23(27(21,3)11-9-22(20)26)25(33)32-24-17-30-19(15-29)16-31-24/h16-18,20-23,34H,4-14H2,1-3H3,(H,31,32,33). The van der Waals surface area contributed by atoms with Crippen LogP contribution in [-0.2, 0) is 4.79 Å². The molecule has 4 aliphatic rings. The van der Waals surface area contributed by atoms with E-state index >= 15 is 0 Å². The van der Waals surface area contributed by atoms with Gasteiger partial charge < -0.3 is 10.4 Å². The number of carbonyl (C=O) groups excluding carboxylic acids is 1. The van der Waals surface area contributed by atoms with Gasteiger partial charge >= 0.3 is 0 Å². The van der Waals surface area contributed by atoms with E-state index in [0.717, 1.165) is 57.3 Å². The number of anilines is 1. The number of fused-ring (bicyclic) bond motifs is 5. The van der Waals surface area contributed by atoms with Crippen LogP contribution in [0.5, 0.6) is 0 Å². The predicted molar refractivity (Wildman–Crippen MR) is 130 cm³/mol. The number of rotatable bonds is 4. The van der Waals surface area contributed by atoms with E-state index in [-0.39, 0.29) is 22.9 Å². The van der Waals surface area contributed by atoms with Gasteiger partial charge in [-0.3, -0.25) is 4.79 Å². The molecule has 0 radical (unpaired) electrons. The van der Waals surface area contributed by atoms with Crippen molar-refractivity contribution < 1.29 is 9.90 Å². The Morgan fingerprint density at radius 3 is 2.59 bits per heavy atom. The summed E-state index contributed by atoms with van der Waals surface area (Å²) in [5.74, 6) is 3.15. The molecule has 0 bridgehead atoms. The third kappa shape index (κ3) is 3.75. The van der Waals surface area contributed by atoms with Gasteiger partial charge in [0.2, 0.25) is 5.91 Å². The van der Waals surface area contributed by atoms with Crippen molar-refractivity contribution in [1.82, 2.24) is 9.97 Å². The van der Waals surface area contributed by atoms with E-state index in [0.29, 0.717) is 29.0 Å². The van der Waals surface area contributed by atoms with E-state index in [9.17, 15) is 9.90 Å². The summed E-state index contributed by atoms with van der Waals surface area (Å²) in [5, 5.41) is 23.1. The van der Waals surface area contributed by atoms with Gasteiger partial charge in [0.15, 0.2) is 11.5 Å². The molecule has 6 nitrogen and oxygen atoms in total. The van der Waals surface area contributed by atoms with Crippen molar-refractivity contribution in [2.45, 2.75) is 97.0 Å². The lowest BCUT2D eigenvalue weighted by Gasteiger charge is -2.62. The van der Waals surface area contributed by atoms with Crippen molar-refractivity contribution in [3.63, 3.8) is 0 Å². The summed E-state index contributed by atoms with van der Waals surface area (Å²) in [7, 11) is 0. The van der Waals surface area contributed by atoms with Crippen LogP contribution in [0.4, 0.5) is 5.82 Å². The minimum Gasteiger partial charge on any atom is -0.390 e. The number of nitrogens with zero attached hydrogens (tertiary/aromatic N) is 3. The molecule has 8 atom stereocenters. The van der Waals surface area contributed by atoms with E-state index in [2.05, 4.69) is 36.1 Å². The molecule has 1 aromatic heterocycles. The van der Waals surface area contributed by atoms with Gasteiger partial charge in [0, 0.05) is 5.92 Å². The fourth-order valence-corrected chi connectivity index (χ4v) is 9.11. The largest absolute Gasteiger partial charge is 0.390 e. The first kappa shape index (κ1) is 23.7. The van der Waals surface area contributed by atoms with Crippen LogP contribution in [0.1, 0.15) is 97.1 Å². The monoisotopic (exact) mass is 464 g/mol. The number of nitrogens with one attached hydrogen (secondary N) is 1. The highest BCUT2D eigenvalue weighted by atomic mass is 16.3. The van der Waals surface area contributed by atoms with Crippen LogP contribution in [0.15, 0.2) is 12.4 Å². The first-order valence-electron chi connectivity index (χ1n) is 13.5. The number of hydrogen-bond acceptors (Lipinski definition) is 5. The number of amides is 1. The Balaban J connectivity index is 1.30. The normalized spacial score (nSPS) is 43.2. The fraction of sp³-hybridized carbons (Fsp3) is 0.786. The molecule has 2 N–H and O–H groups in total. The first-order chi connectivity index (χ1) is 16.2. The Bertz CT molecular complexity index is 974. The average Bonchev–Trinajstić information content (AvgIpc) is 3.18. The quantitative estimate of drug-likeness (QED) is 0.615. The number of aliphatic hydroxyl groups is 1. The topological polar surface area (TPSA) is 98.9 Å². The van der Waals surface area contributed by atoms with Gasteiger partial charge in [0.1, 0.15) is 6.07 Å². The van der Waals surface area contributed by atoms with Crippen LogP contribution in [0, 0.1) is 51.8 Å². The summed E-state index contributed by atoms with van der Waals surface area (Å²) in [4.78, 5) is 21.6. The summed E-state index contributed by atoms with van der Waals surface area (Å²) in [5.41, 5.74) is 0.179. The summed E-state index contributed by atoms with van der Waals surface area (Å²) in [6, 6.07) is 1.97. The smallest absolute Gasteiger partial charge is 0.229 e. The molecule has 184 valence electrons. The minimum absolute atomic E-state index is 0.00224. The van der Waals surface area contributed by atoms with Gasteiger partial charge in [-0.25, -0.2) is 9.97 Å². The first-order valence-corrected chi connectivity index (χ1v) is 13.5. The third-order valence-electron chi connectivity index (χ3n) is 10.9. The van der Waals surface area contributed by atoms with Crippen molar-refractivity contribution >= 4 is 11.7 Å². The van der Waals surface area contributed by atoms with E-state index in [4.69, 9.17) is 5.26 Å². The molecule has 8 unspecified atom stereocenters. The fourth-order valence-electron chi connectivity index (χ4n) is 9.11. The second kappa shape index (κ2) is 8.59. The highest BCUT2D eigenvalue weighted by Gasteiger charge is 2.62. The Morgan fingerprint density at radius 2 is 1.88 bits per heavy atom. The van der Waals surface area contributed by atoms with Crippen molar-refractivity contribution in [3.8, 4) is 6.07 Å². The highest BCUT2D eigenvalue weighted by Crippen LogP contribution is 2.68. The lowest BCUT2D eigenvalue weighted by atomic mass is 9.43. The van der Waals surface area contributed by atoms with Crippen molar-refractivity contribution in [2.24, 2.45) is 40.4 Å². The van der Waals surface area contributed by atoms with Crippen LogP contribution in [-0.4, -0.2) is 26.6 Å². The van der Waals surface area contributed by atoms with Gasteiger partial charge in [-0.1, -0.05) is 27.2 Å². The molecule has 1 amide bonds. The lowest BCUT2D eigenvalue weighted by molar-refractivity contribution is -0.154. The molecule has 6 heteroatoms. The van der Waals surface area contributed by atoms with Crippen molar-refractivity contribution in [3.05, 3.63) is 18.1 Å². The molecule has 0 saturated heterocycles. The molecule has 5 rings (SSSR count). The zero-order valence-electron chi connectivity index (χ0n) is 21.0. The van der Waals surface area contributed by atoms with Crippen LogP contribution in [0.2, 0.25) is 0 Å². The Hall–Kier alpha value is -2.00. The molecule has 0 spiro atoms. The highest BCUT2D eigenvalue weighted by molar-refractivity contribution is 5.92. The molecule has 0 aliphatic heterocycles. The van der Waals surface area contributed by atoms with E-state index in [1.807, 2.05) is 6.07 Å². The summed E-state index contributed by atoms with van der Waals surface area (Å²) >= 11 is 0. The second-order valence-electron chi connectivity index (χ2n) is 12.4. The van der Waals surface area contributed by atoms with E-state index in [1.54, 1.807) is 0 Å². The van der Waals surface area contributed by atoms with Crippen LogP contribution in [0.3, 0.4) is 0 Å². The molecular formula is C28H40N4O2. The number of hydrogen-bond donors (Lipinski definition) is 2.